The first kappa shape index (κ1) is 10.8. The summed E-state index contributed by atoms with van der Waals surface area (Å²) < 4.78 is 0. The summed E-state index contributed by atoms with van der Waals surface area (Å²) in [6.07, 6.45) is 2.64. The maximum absolute atomic E-state index is 4.17. The molecule has 1 atom stereocenters. The zero-order chi connectivity index (χ0) is 10.7. The van der Waals surface area contributed by atoms with E-state index >= 15 is 0 Å². The Bertz CT molecular complexity index is 312. The molecule has 5 heteroatoms. The topological polar surface area (TPSA) is 41.1 Å². The molecule has 0 radical (unpaired) electrons. The standard InChI is InChI=1S/C10H18N4S/c1-3-8-4-5-14(6-8)7-9-12-13-10(11-2)15-9/h8H,3-7H2,1-2H3,(H,11,13). The molecule has 1 saturated heterocycles. The number of hydrogen-bond acceptors (Lipinski definition) is 5. The van der Waals surface area contributed by atoms with Crippen LogP contribution < -0.4 is 5.32 Å². The summed E-state index contributed by atoms with van der Waals surface area (Å²) in [5.41, 5.74) is 0. The molecule has 1 aromatic heterocycles. The molecule has 84 valence electrons. The van der Waals surface area contributed by atoms with Crippen molar-refractivity contribution in [3.8, 4) is 0 Å². The quantitative estimate of drug-likeness (QED) is 0.850. The summed E-state index contributed by atoms with van der Waals surface area (Å²) >= 11 is 1.65. The van der Waals surface area contributed by atoms with Crippen LogP contribution in [0.4, 0.5) is 5.13 Å². The molecule has 4 nitrogen and oxygen atoms in total. The Kier molecular flexibility index (Phi) is 3.53. The summed E-state index contributed by atoms with van der Waals surface area (Å²) in [5, 5.41) is 13.3. The van der Waals surface area contributed by atoms with Gasteiger partial charge in [0.15, 0.2) is 0 Å². The van der Waals surface area contributed by atoms with Gasteiger partial charge in [-0.15, -0.1) is 10.2 Å². The van der Waals surface area contributed by atoms with Gasteiger partial charge in [-0.1, -0.05) is 24.7 Å². The van der Waals surface area contributed by atoms with Gasteiger partial charge in [-0.05, 0) is 18.9 Å². The predicted octanol–water partition coefficient (Wildman–Crippen LogP) is 1.81. The molecule has 1 aromatic rings. The molecule has 0 aliphatic carbocycles. The highest BCUT2D eigenvalue weighted by Crippen LogP contribution is 2.23. The molecule has 1 fully saturated rings. The Balaban J connectivity index is 1.87. The normalized spacial score (nSPS) is 22.1. The van der Waals surface area contributed by atoms with Gasteiger partial charge in [0.1, 0.15) is 5.01 Å². The Labute approximate surface area is 94.7 Å². The molecule has 1 N–H and O–H groups in total. The molecule has 1 aliphatic heterocycles. The molecule has 1 unspecified atom stereocenters. The van der Waals surface area contributed by atoms with Crippen molar-refractivity contribution < 1.29 is 0 Å². The highest BCUT2D eigenvalue weighted by Gasteiger charge is 2.21. The Morgan fingerprint density at radius 2 is 2.40 bits per heavy atom. The lowest BCUT2D eigenvalue weighted by Gasteiger charge is -2.12. The first-order valence-electron chi connectivity index (χ1n) is 5.54. The average Bonchev–Trinajstić information content (AvgIpc) is 2.87. The van der Waals surface area contributed by atoms with Gasteiger partial charge in [0, 0.05) is 13.6 Å². The Hall–Kier alpha value is -0.680. The van der Waals surface area contributed by atoms with E-state index in [-0.39, 0.29) is 0 Å². The molecule has 2 rings (SSSR count). The first-order valence-corrected chi connectivity index (χ1v) is 6.36. The molecular weight excluding hydrogens is 208 g/mol. The van der Waals surface area contributed by atoms with E-state index in [2.05, 4.69) is 27.3 Å². The Morgan fingerprint density at radius 1 is 1.53 bits per heavy atom. The number of anilines is 1. The minimum atomic E-state index is 0.890. The third kappa shape index (κ3) is 2.66. The van der Waals surface area contributed by atoms with Crippen LogP contribution in [0.2, 0.25) is 0 Å². The Morgan fingerprint density at radius 3 is 3.00 bits per heavy atom. The van der Waals surface area contributed by atoms with Gasteiger partial charge in [-0.25, -0.2) is 0 Å². The third-order valence-electron chi connectivity index (χ3n) is 2.99. The first-order chi connectivity index (χ1) is 7.31. The molecule has 0 amide bonds. The summed E-state index contributed by atoms with van der Waals surface area (Å²) in [7, 11) is 1.88. The predicted molar refractivity (Wildman–Crippen MR) is 63.1 cm³/mol. The van der Waals surface area contributed by atoms with Crippen LogP contribution in [0.5, 0.6) is 0 Å². The van der Waals surface area contributed by atoms with Gasteiger partial charge >= 0.3 is 0 Å². The van der Waals surface area contributed by atoms with E-state index in [1.165, 1.54) is 25.9 Å². The molecular formula is C10H18N4S. The van der Waals surface area contributed by atoms with Crippen molar-refractivity contribution in [3.63, 3.8) is 0 Å². The molecule has 15 heavy (non-hydrogen) atoms. The maximum Gasteiger partial charge on any atom is 0.205 e. The number of nitrogens with one attached hydrogen (secondary N) is 1. The van der Waals surface area contributed by atoms with Crippen LogP contribution in [-0.4, -0.2) is 35.2 Å². The lowest BCUT2D eigenvalue weighted by Crippen LogP contribution is -2.19. The lowest BCUT2D eigenvalue weighted by atomic mass is 10.1. The zero-order valence-electron chi connectivity index (χ0n) is 9.36. The summed E-state index contributed by atoms with van der Waals surface area (Å²) in [5.74, 6) is 0.890. The lowest BCUT2D eigenvalue weighted by molar-refractivity contribution is 0.314. The second-order valence-electron chi connectivity index (χ2n) is 4.05. The SMILES string of the molecule is CCC1CCN(Cc2nnc(NC)s2)C1. The molecule has 0 spiro atoms. The second-order valence-corrected chi connectivity index (χ2v) is 5.11. The van der Waals surface area contributed by atoms with Crippen molar-refractivity contribution in [3.05, 3.63) is 5.01 Å². The van der Waals surface area contributed by atoms with Crippen LogP contribution in [0.25, 0.3) is 0 Å². The second kappa shape index (κ2) is 4.90. The molecule has 2 heterocycles. The van der Waals surface area contributed by atoms with Gasteiger partial charge < -0.3 is 5.32 Å². The van der Waals surface area contributed by atoms with E-state index in [1.807, 2.05) is 7.05 Å². The van der Waals surface area contributed by atoms with Crippen LogP contribution in [0, 0.1) is 5.92 Å². The van der Waals surface area contributed by atoms with Gasteiger partial charge in [0.25, 0.3) is 0 Å². The van der Waals surface area contributed by atoms with Crippen LogP contribution in [0.15, 0.2) is 0 Å². The highest BCUT2D eigenvalue weighted by molar-refractivity contribution is 7.15. The van der Waals surface area contributed by atoms with Gasteiger partial charge in [0.05, 0.1) is 6.54 Å². The van der Waals surface area contributed by atoms with E-state index in [0.29, 0.717) is 0 Å². The van der Waals surface area contributed by atoms with Gasteiger partial charge in [-0.3, -0.25) is 4.90 Å². The van der Waals surface area contributed by atoms with Crippen molar-refractivity contribution in [1.82, 2.24) is 15.1 Å². The number of likely N-dealkylation sites (tertiary alicyclic amines) is 1. The fraction of sp³-hybridized carbons (Fsp3) is 0.800. The van der Waals surface area contributed by atoms with Gasteiger partial charge in [0.2, 0.25) is 5.13 Å². The maximum atomic E-state index is 4.17. The van der Waals surface area contributed by atoms with E-state index < -0.39 is 0 Å². The van der Waals surface area contributed by atoms with Crippen LogP contribution in [-0.2, 0) is 6.54 Å². The van der Waals surface area contributed by atoms with Crippen molar-refractivity contribution >= 4 is 16.5 Å². The zero-order valence-corrected chi connectivity index (χ0v) is 10.2. The van der Waals surface area contributed by atoms with E-state index in [9.17, 15) is 0 Å². The van der Waals surface area contributed by atoms with E-state index in [0.717, 1.165) is 22.6 Å². The summed E-state index contributed by atoms with van der Waals surface area (Å²) in [6.45, 7) is 5.69. The molecule has 0 aromatic carbocycles. The number of aromatic nitrogens is 2. The summed E-state index contributed by atoms with van der Waals surface area (Å²) in [4.78, 5) is 2.48. The van der Waals surface area contributed by atoms with Crippen LogP contribution >= 0.6 is 11.3 Å². The van der Waals surface area contributed by atoms with Crippen molar-refractivity contribution in [1.29, 1.82) is 0 Å². The third-order valence-corrected chi connectivity index (χ3v) is 3.91. The van der Waals surface area contributed by atoms with Crippen molar-refractivity contribution in [2.45, 2.75) is 26.3 Å². The number of nitrogens with zero attached hydrogens (tertiary/aromatic N) is 3. The smallest absolute Gasteiger partial charge is 0.205 e. The molecule has 1 aliphatic rings. The largest absolute Gasteiger partial charge is 0.363 e. The fourth-order valence-corrected chi connectivity index (χ4v) is 2.74. The van der Waals surface area contributed by atoms with E-state index in [4.69, 9.17) is 0 Å². The fourth-order valence-electron chi connectivity index (χ4n) is 2.00. The van der Waals surface area contributed by atoms with Crippen LogP contribution in [0.1, 0.15) is 24.8 Å². The minimum Gasteiger partial charge on any atom is -0.363 e. The number of hydrogen-bond donors (Lipinski definition) is 1. The summed E-state index contributed by atoms with van der Waals surface area (Å²) in [6, 6.07) is 0. The monoisotopic (exact) mass is 226 g/mol. The van der Waals surface area contributed by atoms with Crippen molar-refractivity contribution in [2.75, 3.05) is 25.5 Å². The van der Waals surface area contributed by atoms with Crippen LogP contribution in [0.3, 0.4) is 0 Å². The highest BCUT2D eigenvalue weighted by atomic mass is 32.1. The molecule has 0 saturated carbocycles. The van der Waals surface area contributed by atoms with E-state index in [1.54, 1.807) is 11.3 Å². The number of rotatable bonds is 4. The average molecular weight is 226 g/mol. The minimum absolute atomic E-state index is 0.890. The van der Waals surface area contributed by atoms with Crippen molar-refractivity contribution in [2.24, 2.45) is 5.92 Å². The van der Waals surface area contributed by atoms with Gasteiger partial charge in [-0.2, -0.15) is 0 Å². The molecule has 0 bridgehead atoms.